The first-order valence-electron chi connectivity index (χ1n) is 5.51. The van der Waals surface area contributed by atoms with Crippen LogP contribution >= 0.6 is 0 Å². The van der Waals surface area contributed by atoms with Gasteiger partial charge in [0.25, 0.3) is 5.91 Å². The molecule has 0 atom stereocenters. The Hall–Kier alpha value is -1.42. The minimum atomic E-state index is -0.674. The third kappa shape index (κ3) is 2.39. The predicted octanol–water partition coefficient (Wildman–Crippen LogP) is 1.03. The second-order valence-electron chi connectivity index (χ2n) is 4.51. The highest BCUT2D eigenvalue weighted by Gasteiger charge is 2.34. The summed E-state index contributed by atoms with van der Waals surface area (Å²) in [7, 11) is 0. The van der Waals surface area contributed by atoms with E-state index in [1.165, 1.54) is 6.20 Å². The normalized spacial score (nSPS) is 17.6. The maximum absolute atomic E-state index is 11.7. The molecule has 0 spiro atoms. The number of nitrogens with one attached hydrogen (secondary N) is 1. The van der Waals surface area contributed by atoms with E-state index in [0.29, 0.717) is 12.1 Å². The summed E-state index contributed by atoms with van der Waals surface area (Å²) in [5.41, 5.74) is 0.824. The summed E-state index contributed by atoms with van der Waals surface area (Å²) >= 11 is 0. The Morgan fingerprint density at radius 3 is 2.88 bits per heavy atom. The van der Waals surface area contributed by atoms with Gasteiger partial charge >= 0.3 is 0 Å². The monoisotopic (exact) mass is 220 g/mol. The van der Waals surface area contributed by atoms with Crippen molar-refractivity contribution in [1.82, 2.24) is 10.3 Å². The highest BCUT2D eigenvalue weighted by Crippen LogP contribution is 2.30. The Labute approximate surface area is 94.7 Å². The van der Waals surface area contributed by atoms with Crippen LogP contribution in [0, 0.1) is 6.92 Å². The van der Waals surface area contributed by atoms with Crippen molar-refractivity contribution >= 4 is 5.91 Å². The van der Waals surface area contributed by atoms with Crippen LogP contribution in [0.15, 0.2) is 18.5 Å². The maximum Gasteiger partial charge on any atom is 0.252 e. The summed E-state index contributed by atoms with van der Waals surface area (Å²) in [4.78, 5) is 15.7. The largest absolute Gasteiger partial charge is 0.388 e. The molecule has 1 aromatic heterocycles. The first-order chi connectivity index (χ1) is 7.59. The maximum atomic E-state index is 11.7. The van der Waals surface area contributed by atoms with Gasteiger partial charge in [-0.05, 0) is 37.8 Å². The number of pyridine rings is 1. The number of nitrogens with zero attached hydrogens (tertiary/aromatic N) is 1. The molecule has 0 aromatic carbocycles. The van der Waals surface area contributed by atoms with Crippen LogP contribution in [0.25, 0.3) is 0 Å². The van der Waals surface area contributed by atoms with Crippen molar-refractivity contribution in [1.29, 1.82) is 0 Å². The van der Waals surface area contributed by atoms with Crippen LogP contribution in [0.2, 0.25) is 0 Å². The van der Waals surface area contributed by atoms with Crippen molar-refractivity contribution in [3.8, 4) is 0 Å². The van der Waals surface area contributed by atoms with Crippen molar-refractivity contribution in [3.05, 3.63) is 29.6 Å². The average molecular weight is 220 g/mol. The van der Waals surface area contributed by atoms with Crippen LogP contribution in [0.4, 0.5) is 0 Å². The molecule has 1 heterocycles. The van der Waals surface area contributed by atoms with Gasteiger partial charge < -0.3 is 10.4 Å². The topological polar surface area (TPSA) is 62.2 Å². The molecule has 1 amide bonds. The molecule has 0 aliphatic heterocycles. The zero-order valence-electron chi connectivity index (χ0n) is 9.36. The number of hydrogen-bond acceptors (Lipinski definition) is 3. The summed E-state index contributed by atoms with van der Waals surface area (Å²) in [6.07, 6.45) is 5.83. The highest BCUT2D eigenvalue weighted by atomic mass is 16.3. The predicted molar refractivity (Wildman–Crippen MR) is 60.1 cm³/mol. The number of aliphatic hydroxyl groups is 1. The average Bonchev–Trinajstić information content (AvgIpc) is 2.23. The molecule has 86 valence electrons. The Balaban J connectivity index is 1.93. The Morgan fingerprint density at radius 2 is 2.31 bits per heavy atom. The molecule has 1 aliphatic carbocycles. The SMILES string of the molecule is Cc1cncc(C(=O)NCC2(O)CCC2)c1. The molecular weight excluding hydrogens is 204 g/mol. The van der Waals surface area contributed by atoms with Gasteiger partial charge in [0.05, 0.1) is 11.2 Å². The molecule has 4 heteroatoms. The summed E-state index contributed by atoms with van der Waals surface area (Å²) in [5, 5.41) is 12.6. The van der Waals surface area contributed by atoms with Gasteiger partial charge in [-0.2, -0.15) is 0 Å². The van der Waals surface area contributed by atoms with Crippen LogP contribution < -0.4 is 5.32 Å². The number of aryl methyl sites for hydroxylation is 1. The fourth-order valence-electron chi connectivity index (χ4n) is 1.79. The van der Waals surface area contributed by atoms with Gasteiger partial charge in [-0.1, -0.05) is 0 Å². The first kappa shape index (κ1) is 11.1. The van der Waals surface area contributed by atoms with Crippen molar-refractivity contribution in [2.75, 3.05) is 6.54 Å². The Kier molecular flexibility index (Phi) is 2.92. The number of rotatable bonds is 3. The van der Waals surface area contributed by atoms with Gasteiger partial charge in [-0.3, -0.25) is 9.78 Å². The van der Waals surface area contributed by atoms with E-state index in [0.717, 1.165) is 24.8 Å². The van der Waals surface area contributed by atoms with Crippen LogP contribution in [0.1, 0.15) is 35.2 Å². The third-order valence-corrected chi connectivity index (χ3v) is 3.00. The molecule has 1 aliphatic rings. The zero-order valence-corrected chi connectivity index (χ0v) is 9.36. The molecule has 1 fully saturated rings. The van der Waals surface area contributed by atoms with E-state index < -0.39 is 5.60 Å². The molecule has 0 bridgehead atoms. The van der Waals surface area contributed by atoms with Crippen LogP contribution in [0.3, 0.4) is 0 Å². The lowest BCUT2D eigenvalue weighted by molar-refractivity contribution is -0.0300. The second-order valence-corrected chi connectivity index (χ2v) is 4.51. The third-order valence-electron chi connectivity index (χ3n) is 3.00. The number of carbonyl (C=O) groups excluding carboxylic acids is 1. The molecule has 2 N–H and O–H groups in total. The van der Waals surface area contributed by atoms with E-state index in [1.807, 2.05) is 6.92 Å². The van der Waals surface area contributed by atoms with E-state index >= 15 is 0 Å². The van der Waals surface area contributed by atoms with E-state index in [-0.39, 0.29) is 5.91 Å². The second kappa shape index (κ2) is 4.22. The van der Waals surface area contributed by atoms with Crippen molar-refractivity contribution < 1.29 is 9.90 Å². The van der Waals surface area contributed by atoms with Crippen LogP contribution in [-0.2, 0) is 0 Å². The molecule has 0 radical (unpaired) electrons. The van der Waals surface area contributed by atoms with Crippen LogP contribution in [-0.4, -0.2) is 28.1 Å². The quantitative estimate of drug-likeness (QED) is 0.800. The lowest BCUT2D eigenvalue weighted by atomic mass is 9.80. The fourth-order valence-corrected chi connectivity index (χ4v) is 1.79. The highest BCUT2D eigenvalue weighted by molar-refractivity contribution is 5.94. The first-order valence-corrected chi connectivity index (χ1v) is 5.51. The van der Waals surface area contributed by atoms with Gasteiger partial charge in [0.15, 0.2) is 0 Å². The number of amides is 1. The molecular formula is C12H16N2O2. The number of hydrogen-bond donors (Lipinski definition) is 2. The molecule has 4 nitrogen and oxygen atoms in total. The van der Waals surface area contributed by atoms with E-state index in [2.05, 4.69) is 10.3 Å². The standard InChI is InChI=1S/C12H16N2O2/c1-9-5-10(7-13-6-9)11(15)14-8-12(16)3-2-4-12/h5-7,16H,2-4,8H2,1H3,(H,14,15). The minimum Gasteiger partial charge on any atom is -0.388 e. The minimum absolute atomic E-state index is 0.170. The fraction of sp³-hybridized carbons (Fsp3) is 0.500. The molecule has 0 unspecified atom stereocenters. The van der Waals surface area contributed by atoms with Crippen molar-refractivity contribution in [2.45, 2.75) is 31.8 Å². The molecule has 1 aromatic rings. The Morgan fingerprint density at radius 1 is 1.56 bits per heavy atom. The summed E-state index contributed by atoms with van der Waals surface area (Å²) < 4.78 is 0. The van der Waals surface area contributed by atoms with Gasteiger partial charge in [0, 0.05) is 18.9 Å². The zero-order chi connectivity index (χ0) is 11.6. The summed E-state index contributed by atoms with van der Waals surface area (Å²) in [5.74, 6) is -0.170. The van der Waals surface area contributed by atoms with E-state index in [1.54, 1.807) is 12.3 Å². The molecule has 2 rings (SSSR count). The Bertz CT molecular complexity index is 400. The van der Waals surface area contributed by atoms with Gasteiger partial charge in [0.1, 0.15) is 0 Å². The van der Waals surface area contributed by atoms with E-state index in [4.69, 9.17) is 0 Å². The smallest absolute Gasteiger partial charge is 0.252 e. The van der Waals surface area contributed by atoms with Crippen LogP contribution in [0.5, 0.6) is 0 Å². The molecule has 16 heavy (non-hydrogen) atoms. The number of aromatic nitrogens is 1. The summed E-state index contributed by atoms with van der Waals surface area (Å²) in [6, 6.07) is 1.78. The van der Waals surface area contributed by atoms with Crippen molar-refractivity contribution in [2.24, 2.45) is 0 Å². The van der Waals surface area contributed by atoms with Crippen molar-refractivity contribution in [3.63, 3.8) is 0 Å². The van der Waals surface area contributed by atoms with Gasteiger partial charge in [-0.15, -0.1) is 0 Å². The lowest BCUT2D eigenvalue weighted by Crippen LogP contribution is -2.47. The lowest BCUT2D eigenvalue weighted by Gasteiger charge is -2.36. The van der Waals surface area contributed by atoms with Gasteiger partial charge in [-0.25, -0.2) is 0 Å². The molecule has 0 saturated heterocycles. The summed E-state index contributed by atoms with van der Waals surface area (Å²) in [6.45, 7) is 2.23. The molecule has 1 saturated carbocycles. The van der Waals surface area contributed by atoms with Gasteiger partial charge in [0.2, 0.25) is 0 Å². The number of carbonyl (C=O) groups is 1. The van der Waals surface area contributed by atoms with E-state index in [9.17, 15) is 9.90 Å².